The van der Waals surface area contributed by atoms with Crippen molar-refractivity contribution in [2.45, 2.75) is 265 Å². The van der Waals surface area contributed by atoms with Crippen molar-refractivity contribution in [1.82, 2.24) is 0 Å². The van der Waals surface area contributed by atoms with E-state index in [0.29, 0.717) is 77.5 Å². The van der Waals surface area contributed by atoms with Crippen molar-refractivity contribution in [2.24, 2.45) is 21.7 Å². The van der Waals surface area contributed by atoms with E-state index in [1.807, 2.05) is 84.9 Å². The maximum Gasteiger partial charge on any atom is 0.266 e. The zero-order valence-electron chi connectivity index (χ0n) is 75.7. The fourth-order valence-electron chi connectivity index (χ4n) is 20.3. The summed E-state index contributed by atoms with van der Waals surface area (Å²) >= 11 is 0. The zero-order chi connectivity index (χ0) is 86.3. The Morgan fingerprint density at radius 3 is 0.627 bits per heavy atom. The number of carbonyl (C=O) groups is 4. The van der Waals surface area contributed by atoms with Gasteiger partial charge in [-0.05, 0) is 245 Å². The normalized spacial score (nSPS) is 14.1. The van der Waals surface area contributed by atoms with Crippen molar-refractivity contribution in [2.75, 3.05) is 9.80 Å². The number of hydrogen-bond donors (Lipinski definition) is 0. The number of anilines is 2. The molecule has 2 aliphatic heterocycles. The summed E-state index contributed by atoms with van der Waals surface area (Å²) < 4.78 is 30.7. The summed E-state index contributed by atoms with van der Waals surface area (Å²) in [7, 11) is 0. The van der Waals surface area contributed by atoms with Gasteiger partial charge >= 0.3 is 0 Å². The fraction of sp³-hybridized carbons (Fsp3) is 0.407. The van der Waals surface area contributed by atoms with E-state index in [0.717, 1.165) is 81.3 Å². The van der Waals surface area contributed by atoms with Crippen LogP contribution in [0.1, 0.15) is 340 Å². The van der Waals surface area contributed by atoms with Gasteiger partial charge in [-0.3, -0.25) is 19.2 Å². The molecule has 0 aromatic heterocycles. The average Bonchev–Trinajstić information content (AvgIpc) is 0.668. The van der Waals surface area contributed by atoms with Crippen molar-refractivity contribution < 1.29 is 38.1 Å². The van der Waals surface area contributed by atoms with E-state index in [1.165, 1.54) is 9.80 Å². The lowest BCUT2D eigenvalue weighted by Gasteiger charge is -2.35. The molecule has 0 spiro atoms. The van der Waals surface area contributed by atoms with Gasteiger partial charge in [0.25, 0.3) is 23.6 Å². The molecular weight excluding hydrogens is 1450 g/mol. The Hall–Kier alpha value is -10.3. The number of amides is 4. The number of imide groups is 2. The van der Waals surface area contributed by atoms with Crippen molar-refractivity contribution in [3.63, 3.8) is 0 Å². The van der Waals surface area contributed by atoms with Gasteiger partial charge in [0.1, 0.15) is 46.0 Å². The Morgan fingerprint density at radius 2 is 0.466 bits per heavy atom. The molecule has 0 unspecified atom stereocenters. The molecule has 4 amide bonds. The van der Waals surface area contributed by atoms with E-state index in [1.54, 1.807) is 24.3 Å². The first kappa shape index (κ1) is 85.6. The lowest BCUT2D eigenvalue weighted by atomic mass is 9.72. The molecule has 10 heteroatoms. The molecule has 118 heavy (non-hydrogen) atoms. The first-order valence-corrected chi connectivity index (χ1v) is 42.7. The summed E-state index contributed by atoms with van der Waals surface area (Å²) in [5, 5.41) is 3.31. The molecule has 13 rings (SSSR count). The van der Waals surface area contributed by atoms with Gasteiger partial charge in [0, 0.05) is 43.1 Å². The summed E-state index contributed by atoms with van der Waals surface area (Å²) in [5.41, 5.74) is 10.4. The van der Waals surface area contributed by atoms with Crippen molar-refractivity contribution >= 4 is 90.2 Å². The minimum atomic E-state index is -0.553. The Bertz CT molecular complexity index is 5140. The predicted octanol–water partition coefficient (Wildman–Crippen LogP) is 31.1. The van der Waals surface area contributed by atoms with Crippen LogP contribution in [0.2, 0.25) is 0 Å². The second kappa shape index (κ2) is 30.5. The van der Waals surface area contributed by atoms with Gasteiger partial charge in [0.2, 0.25) is 0 Å². The molecule has 0 radical (unpaired) electrons. The second-order valence-electron chi connectivity index (χ2n) is 42.7. The Kier molecular flexibility index (Phi) is 22.1. The molecule has 2 aliphatic rings. The Balaban J connectivity index is 1.25. The standard InChI is InChI=1S/C108H126N2O8/c1-31-65-49-75(61(3)4)95(76(50-65)62(5)6)109-97(111)79-53-83(115-71-41-33-67(34-42-71)105(23,24)57-101(11,12)13)89-91-85(117-73-45-37-69(38-46-73)107(27,28)59-103(17,18)19)55-81-88-82(100(114)110(99(81)113)96-77(63(7)8)51-66(32-2)52-78(96)64(9)10)56-86(118-74-47-39-70(40-48-74)108(29,30)60-104(20,21)22)92(94(88)91)90-84(54-80(98(109)112)87(79)93(89)90)116-72-43-35-68(36-44-72)106(25,26)58-102(14,15)16/h31-56,61-64H,1-2,57-60H2,3-30H3. The number of benzene rings is 11. The van der Waals surface area contributed by atoms with Crippen LogP contribution in [0.3, 0.4) is 0 Å². The molecule has 616 valence electrons. The number of hydrogen-bond acceptors (Lipinski definition) is 8. The smallest absolute Gasteiger partial charge is 0.266 e. The van der Waals surface area contributed by atoms with Gasteiger partial charge in [-0.2, -0.15) is 0 Å². The third kappa shape index (κ3) is 16.4. The van der Waals surface area contributed by atoms with Crippen LogP contribution in [0.15, 0.2) is 159 Å². The molecule has 0 aliphatic carbocycles. The van der Waals surface area contributed by atoms with Crippen LogP contribution >= 0.6 is 0 Å². The Labute approximate surface area is 703 Å². The van der Waals surface area contributed by atoms with Crippen molar-refractivity contribution in [1.29, 1.82) is 0 Å². The highest BCUT2D eigenvalue weighted by molar-refractivity contribution is 6.48. The quantitative estimate of drug-likeness (QED) is 0.0334. The van der Waals surface area contributed by atoms with Gasteiger partial charge in [-0.15, -0.1) is 0 Å². The third-order valence-electron chi connectivity index (χ3n) is 24.0. The van der Waals surface area contributed by atoms with Crippen LogP contribution in [-0.4, -0.2) is 23.6 Å². The summed E-state index contributed by atoms with van der Waals surface area (Å²) in [6.45, 7) is 70.4. The first-order chi connectivity index (χ1) is 54.8. The van der Waals surface area contributed by atoms with Crippen LogP contribution in [0.5, 0.6) is 46.0 Å². The van der Waals surface area contributed by atoms with Crippen LogP contribution in [0.4, 0.5) is 11.4 Å². The van der Waals surface area contributed by atoms with E-state index < -0.39 is 23.6 Å². The molecule has 0 N–H and O–H groups in total. The van der Waals surface area contributed by atoms with Crippen LogP contribution < -0.4 is 28.7 Å². The lowest BCUT2D eigenvalue weighted by Crippen LogP contribution is -2.42. The van der Waals surface area contributed by atoms with E-state index in [-0.39, 0.29) is 112 Å². The Morgan fingerprint density at radius 1 is 0.280 bits per heavy atom. The molecule has 0 atom stereocenters. The predicted molar refractivity (Wildman–Crippen MR) is 494 cm³/mol. The van der Waals surface area contributed by atoms with E-state index in [9.17, 15) is 0 Å². The minimum absolute atomic E-state index is 0.0141. The average molecular weight is 1580 g/mol. The van der Waals surface area contributed by atoms with Gasteiger partial charge in [0.05, 0.1) is 33.6 Å². The summed E-state index contributed by atoms with van der Waals surface area (Å²) in [6.07, 6.45) is 7.24. The largest absolute Gasteiger partial charge is 0.457 e. The maximum atomic E-state index is 17.1. The highest BCUT2D eigenvalue weighted by Crippen LogP contribution is 2.60. The summed E-state index contributed by atoms with van der Waals surface area (Å²) in [5.74, 6) is 0.0127. The number of fused-ring (bicyclic) bond motifs is 2. The van der Waals surface area contributed by atoms with E-state index >= 15 is 19.2 Å². The van der Waals surface area contributed by atoms with Gasteiger partial charge < -0.3 is 18.9 Å². The SMILES string of the molecule is C=Cc1cc(C(C)C)c(N2C(=O)c3cc(Oc4ccc(C(C)(C)CC(C)(C)C)cc4)c4c5c(Oc6ccc(C(C)(C)CC(C)(C)C)cc6)cc6c7c(cc(Oc8ccc(C(C)(C)CC(C)(C)C)cc8)c(c8c(Oc9ccc(C(C)(C)CC(C)(C)C)cc9)cc(c3c48)C2=O)c75)C(=O)N(c2c(C(C)C)cc(C=C)cc2C(C)C)C6=O)c(C(C)C)c1. The molecule has 0 fully saturated rings. The van der Waals surface area contributed by atoms with Gasteiger partial charge in [-0.1, -0.05) is 268 Å². The fourth-order valence-corrected chi connectivity index (χ4v) is 20.3. The van der Waals surface area contributed by atoms with Crippen LogP contribution in [-0.2, 0) is 21.7 Å². The van der Waals surface area contributed by atoms with Crippen molar-refractivity contribution in [3.8, 4) is 46.0 Å². The zero-order valence-corrected chi connectivity index (χ0v) is 75.7. The molecule has 0 bridgehead atoms. The molecule has 11 aromatic rings. The van der Waals surface area contributed by atoms with Gasteiger partial charge in [0.15, 0.2) is 0 Å². The molecule has 2 heterocycles. The minimum Gasteiger partial charge on any atom is -0.457 e. The number of ether oxygens (including phenoxy) is 4. The second-order valence-corrected chi connectivity index (χ2v) is 42.7. The molecule has 11 aromatic carbocycles. The van der Waals surface area contributed by atoms with Crippen LogP contribution in [0, 0.1) is 21.7 Å². The highest BCUT2D eigenvalue weighted by atomic mass is 16.5. The van der Waals surface area contributed by atoms with Crippen molar-refractivity contribution in [3.05, 3.63) is 237 Å². The van der Waals surface area contributed by atoms with E-state index in [4.69, 9.17) is 18.9 Å². The first-order valence-electron chi connectivity index (χ1n) is 42.7. The van der Waals surface area contributed by atoms with Crippen LogP contribution in [0.25, 0.3) is 55.2 Å². The molecule has 0 saturated carbocycles. The number of carbonyl (C=O) groups excluding carboxylic acids is 4. The monoisotopic (exact) mass is 1580 g/mol. The highest BCUT2D eigenvalue weighted by Gasteiger charge is 2.46. The number of rotatable bonds is 24. The molecule has 10 nitrogen and oxygen atoms in total. The van der Waals surface area contributed by atoms with Gasteiger partial charge in [-0.25, -0.2) is 9.80 Å². The third-order valence-corrected chi connectivity index (χ3v) is 24.0. The topological polar surface area (TPSA) is 112 Å². The molecular formula is C108H126N2O8. The van der Waals surface area contributed by atoms with E-state index in [2.05, 4.69) is 256 Å². The summed E-state index contributed by atoms with van der Waals surface area (Å²) in [6, 6.07) is 48.2. The number of nitrogens with zero attached hydrogens (tertiary/aromatic N) is 2. The maximum absolute atomic E-state index is 17.1. The molecule has 0 saturated heterocycles. The lowest BCUT2D eigenvalue weighted by molar-refractivity contribution is 0.0877. The summed E-state index contributed by atoms with van der Waals surface area (Å²) in [4.78, 5) is 71.1.